The van der Waals surface area contributed by atoms with Gasteiger partial charge in [-0.2, -0.15) is 0 Å². The second-order valence-corrected chi connectivity index (χ2v) is 9.68. The van der Waals surface area contributed by atoms with E-state index in [4.69, 9.17) is 9.88 Å². The van der Waals surface area contributed by atoms with Crippen LogP contribution in [0.3, 0.4) is 0 Å². The third-order valence-corrected chi connectivity index (χ3v) is 5.38. The van der Waals surface area contributed by atoms with Crippen LogP contribution in [0.5, 0.6) is 0 Å². The smallest absolute Gasteiger partial charge is 0.410 e. The molecule has 0 radical (unpaired) electrons. The van der Waals surface area contributed by atoms with Gasteiger partial charge in [0.1, 0.15) is 5.60 Å². The molecule has 8 nitrogen and oxygen atoms in total. The third kappa shape index (κ3) is 6.14. The van der Waals surface area contributed by atoms with E-state index in [0.29, 0.717) is 19.6 Å². The summed E-state index contributed by atoms with van der Waals surface area (Å²) in [7, 11) is -3.60. The zero-order valence-electron chi connectivity index (χ0n) is 15.2. The zero-order valence-corrected chi connectivity index (χ0v) is 16.0. The van der Waals surface area contributed by atoms with Gasteiger partial charge in [-0.05, 0) is 40.0 Å². The SMILES string of the molecule is CC(C)(C)OC(=O)N1CCCCC(N2CC(CS(N)(=O)=O)CC2=O)C1. The molecule has 0 aromatic carbocycles. The highest BCUT2D eigenvalue weighted by molar-refractivity contribution is 7.89. The van der Waals surface area contributed by atoms with Crippen molar-refractivity contribution in [1.29, 1.82) is 0 Å². The fourth-order valence-electron chi connectivity index (χ4n) is 3.47. The highest BCUT2D eigenvalue weighted by Crippen LogP contribution is 2.26. The van der Waals surface area contributed by atoms with Gasteiger partial charge in [0.25, 0.3) is 0 Å². The van der Waals surface area contributed by atoms with Crippen LogP contribution in [0.15, 0.2) is 0 Å². The molecule has 0 bridgehead atoms. The van der Waals surface area contributed by atoms with Gasteiger partial charge < -0.3 is 14.5 Å². The van der Waals surface area contributed by atoms with Crippen molar-refractivity contribution < 1.29 is 22.7 Å². The summed E-state index contributed by atoms with van der Waals surface area (Å²) in [5, 5.41) is 5.10. The van der Waals surface area contributed by atoms with Crippen molar-refractivity contribution in [2.45, 2.75) is 58.1 Å². The van der Waals surface area contributed by atoms with E-state index in [0.717, 1.165) is 19.3 Å². The van der Waals surface area contributed by atoms with Crippen LogP contribution in [0.4, 0.5) is 4.79 Å². The minimum atomic E-state index is -3.60. The third-order valence-electron chi connectivity index (χ3n) is 4.45. The average molecular weight is 375 g/mol. The normalized spacial score (nSPS) is 25.8. The van der Waals surface area contributed by atoms with Gasteiger partial charge in [0.2, 0.25) is 15.9 Å². The van der Waals surface area contributed by atoms with Gasteiger partial charge in [-0.3, -0.25) is 4.79 Å². The van der Waals surface area contributed by atoms with Crippen molar-refractivity contribution >= 4 is 22.0 Å². The Hall–Kier alpha value is -1.35. The van der Waals surface area contributed by atoms with Gasteiger partial charge >= 0.3 is 6.09 Å². The molecule has 0 saturated carbocycles. The highest BCUT2D eigenvalue weighted by Gasteiger charge is 2.38. The van der Waals surface area contributed by atoms with E-state index in [1.54, 1.807) is 9.80 Å². The molecule has 0 spiro atoms. The summed E-state index contributed by atoms with van der Waals surface area (Å²) in [6, 6.07) is -0.104. The van der Waals surface area contributed by atoms with Crippen molar-refractivity contribution in [2.75, 3.05) is 25.4 Å². The molecule has 2 rings (SSSR count). The number of carbonyl (C=O) groups is 2. The zero-order chi connectivity index (χ0) is 18.8. The number of hydrogen-bond acceptors (Lipinski definition) is 5. The number of likely N-dealkylation sites (tertiary alicyclic amines) is 2. The largest absolute Gasteiger partial charge is 0.444 e. The summed E-state index contributed by atoms with van der Waals surface area (Å²) >= 11 is 0. The van der Waals surface area contributed by atoms with E-state index >= 15 is 0 Å². The number of primary sulfonamides is 1. The second-order valence-electron chi connectivity index (χ2n) is 8.02. The fraction of sp³-hybridized carbons (Fsp3) is 0.875. The maximum atomic E-state index is 12.4. The van der Waals surface area contributed by atoms with Crippen LogP contribution in [0.1, 0.15) is 46.5 Å². The molecule has 2 N–H and O–H groups in total. The first-order valence-electron chi connectivity index (χ1n) is 8.72. The minimum Gasteiger partial charge on any atom is -0.444 e. The topological polar surface area (TPSA) is 110 Å². The molecule has 144 valence electrons. The molecule has 2 fully saturated rings. The van der Waals surface area contributed by atoms with Crippen LogP contribution in [0, 0.1) is 5.92 Å². The monoisotopic (exact) mass is 375 g/mol. The van der Waals surface area contributed by atoms with Crippen LogP contribution in [0.25, 0.3) is 0 Å². The van der Waals surface area contributed by atoms with Gasteiger partial charge in [-0.25, -0.2) is 18.4 Å². The number of amides is 2. The Labute approximate surface area is 149 Å². The maximum absolute atomic E-state index is 12.4. The molecule has 2 heterocycles. The lowest BCUT2D eigenvalue weighted by atomic mass is 10.1. The molecule has 2 atom stereocenters. The summed E-state index contributed by atoms with van der Waals surface area (Å²) in [6.07, 6.45) is 2.39. The Kier molecular flexibility index (Phi) is 5.98. The summed E-state index contributed by atoms with van der Waals surface area (Å²) in [5.41, 5.74) is -0.567. The maximum Gasteiger partial charge on any atom is 0.410 e. The molecular weight excluding hydrogens is 346 g/mol. The van der Waals surface area contributed by atoms with Crippen molar-refractivity contribution in [3.05, 3.63) is 0 Å². The van der Waals surface area contributed by atoms with Crippen LogP contribution in [0.2, 0.25) is 0 Å². The molecule has 0 aliphatic carbocycles. The molecular formula is C16H29N3O5S. The number of nitrogens with zero attached hydrogens (tertiary/aromatic N) is 2. The van der Waals surface area contributed by atoms with Crippen LogP contribution in [-0.2, 0) is 19.6 Å². The lowest BCUT2D eigenvalue weighted by Gasteiger charge is -2.32. The molecule has 0 aromatic heterocycles. The first-order chi connectivity index (χ1) is 11.4. The number of hydrogen-bond donors (Lipinski definition) is 1. The standard InChI is InChI=1S/C16H29N3O5S/c1-16(2,3)24-15(21)18-7-5-4-6-13(10-18)19-9-12(8-14(19)20)11-25(17,22)23/h12-13H,4-11H2,1-3H3,(H2,17,22,23). The lowest BCUT2D eigenvalue weighted by molar-refractivity contribution is -0.130. The van der Waals surface area contributed by atoms with Crippen molar-refractivity contribution in [3.63, 3.8) is 0 Å². The quantitative estimate of drug-likeness (QED) is 0.788. The minimum absolute atomic E-state index is 0.0651. The van der Waals surface area contributed by atoms with E-state index in [9.17, 15) is 18.0 Å². The number of ether oxygens (including phenoxy) is 1. The molecule has 2 unspecified atom stereocenters. The molecule has 2 saturated heterocycles. The van der Waals surface area contributed by atoms with Gasteiger partial charge in [0.05, 0.1) is 5.75 Å². The average Bonchev–Trinajstić information content (AvgIpc) is 2.65. The van der Waals surface area contributed by atoms with Gasteiger partial charge in [-0.15, -0.1) is 0 Å². The molecule has 2 aliphatic heterocycles. The summed E-state index contributed by atoms with van der Waals surface area (Å²) in [6.45, 7) is 6.87. The predicted molar refractivity (Wildman–Crippen MR) is 93.2 cm³/mol. The van der Waals surface area contributed by atoms with E-state index in [-0.39, 0.29) is 36.1 Å². The molecule has 2 amide bonds. The molecule has 9 heteroatoms. The van der Waals surface area contributed by atoms with E-state index in [1.165, 1.54) is 0 Å². The van der Waals surface area contributed by atoms with Crippen molar-refractivity contribution in [1.82, 2.24) is 9.80 Å². The second kappa shape index (κ2) is 7.49. The van der Waals surface area contributed by atoms with Gasteiger partial charge in [0.15, 0.2) is 0 Å². The Morgan fingerprint density at radius 1 is 1.28 bits per heavy atom. The first-order valence-corrected chi connectivity index (χ1v) is 10.4. The molecule has 25 heavy (non-hydrogen) atoms. The van der Waals surface area contributed by atoms with Gasteiger partial charge in [0, 0.05) is 38.0 Å². The summed E-state index contributed by atoms with van der Waals surface area (Å²) < 4.78 is 28.0. The van der Waals surface area contributed by atoms with E-state index in [2.05, 4.69) is 0 Å². The summed E-state index contributed by atoms with van der Waals surface area (Å²) in [5.74, 6) is -0.525. The number of rotatable bonds is 3. The molecule has 2 aliphatic rings. The highest BCUT2D eigenvalue weighted by atomic mass is 32.2. The van der Waals surface area contributed by atoms with Crippen LogP contribution in [-0.4, -0.2) is 67.2 Å². The van der Waals surface area contributed by atoms with Crippen LogP contribution >= 0.6 is 0 Å². The predicted octanol–water partition coefficient (Wildman–Crippen LogP) is 0.913. The van der Waals surface area contributed by atoms with Crippen molar-refractivity contribution in [3.8, 4) is 0 Å². The van der Waals surface area contributed by atoms with E-state index in [1.807, 2.05) is 20.8 Å². The fourth-order valence-corrected chi connectivity index (χ4v) is 4.35. The Morgan fingerprint density at radius 3 is 2.56 bits per heavy atom. The van der Waals surface area contributed by atoms with Crippen LogP contribution < -0.4 is 5.14 Å². The number of carbonyl (C=O) groups excluding carboxylic acids is 2. The van der Waals surface area contributed by atoms with E-state index < -0.39 is 15.6 Å². The Bertz CT molecular complexity index is 614. The number of nitrogens with two attached hydrogens (primary N) is 1. The Morgan fingerprint density at radius 2 is 1.96 bits per heavy atom. The number of sulfonamides is 1. The van der Waals surface area contributed by atoms with Crippen molar-refractivity contribution in [2.24, 2.45) is 11.1 Å². The first kappa shape index (κ1) is 20.0. The van der Waals surface area contributed by atoms with Gasteiger partial charge in [-0.1, -0.05) is 0 Å². The Balaban J connectivity index is 2.03. The molecule has 0 aromatic rings. The lowest BCUT2D eigenvalue weighted by Crippen LogP contribution is -2.47. The summed E-state index contributed by atoms with van der Waals surface area (Å²) in [4.78, 5) is 28.1.